The molecule has 80 valence electrons. The lowest BCUT2D eigenvalue weighted by Gasteiger charge is -2.04. The number of esters is 1. The second-order valence-corrected chi connectivity index (χ2v) is 2.68. The Morgan fingerprint density at radius 2 is 2.47 bits per heavy atom. The number of methoxy groups -OCH3 is 1. The third kappa shape index (κ3) is 2.04. The predicted molar refractivity (Wildman–Crippen MR) is 51.7 cm³/mol. The van der Waals surface area contributed by atoms with Gasteiger partial charge in [0.15, 0.2) is 5.69 Å². The Balaban J connectivity index is 3.27. The first-order valence-electron chi connectivity index (χ1n) is 4.09. The van der Waals surface area contributed by atoms with Gasteiger partial charge < -0.3 is 9.84 Å². The molecule has 0 fully saturated rings. The van der Waals surface area contributed by atoms with Crippen LogP contribution in [0.15, 0.2) is 23.8 Å². The molecule has 1 N–H and O–H groups in total. The maximum Gasteiger partial charge on any atom is 0.360 e. The van der Waals surface area contributed by atoms with E-state index in [1.165, 1.54) is 6.08 Å². The average Bonchev–Trinajstić information content (AvgIpc) is 2.24. The van der Waals surface area contributed by atoms with Crippen LogP contribution in [0.5, 0.6) is 5.75 Å². The fourth-order valence-corrected chi connectivity index (χ4v) is 0.994. The van der Waals surface area contributed by atoms with Crippen molar-refractivity contribution >= 4 is 5.97 Å². The van der Waals surface area contributed by atoms with Crippen LogP contribution < -0.4 is 5.56 Å². The molecule has 0 saturated carbocycles. The molecule has 0 aromatic carbocycles. The van der Waals surface area contributed by atoms with Gasteiger partial charge in [-0.3, -0.25) is 9.36 Å². The van der Waals surface area contributed by atoms with E-state index in [2.05, 4.69) is 16.3 Å². The Morgan fingerprint density at radius 3 is 3.00 bits per heavy atom. The van der Waals surface area contributed by atoms with Crippen molar-refractivity contribution < 1.29 is 14.6 Å². The molecule has 0 aliphatic rings. The standard InChI is InChI=1S/C9H10N2O4/c1-3-4-11-5-10-6(9(14)15-2)7(12)8(11)13/h3,5,12H,1,4H2,2H3. The zero-order valence-electron chi connectivity index (χ0n) is 8.14. The topological polar surface area (TPSA) is 81.4 Å². The third-order valence-electron chi connectivity index (χ3n) is 1.72. The van der Waals surface area contributed by atoms with Crippen LogP contribution in [0.2, 0.25) is 0 Å². The summed E-state index contributed by atoms with van der Waals surface area (Å²) in [6, 6.07) is 0. The Bertz CT molecular complexity index is 450. The zero-order valence-corrected chi connectivity index (χ0v) is 8.14. The van der Waals surface area contributed by atoms with Crippen molar-refractivity contribution in [3.63, 3.8) is 0 Å². The van der Waals surface area contributed by atoms with Gasteiger partial charge in [-0.25, -0.2) is 9.78 Å². The first-order valence-corrected chi connectivity index (χ1v) is 4.09. The van der Waals surface area contributed by atoms with Gasteiger partial charge in [0.1, 0.15) is 0 Å². The molecule has 1 heterocycles. The highest BCUT2D eigenvalue weighted by atomic mass is 16.5. The maximum absolute atomic E-state index is 11.4. The number of hydrogen-bond donors (Lipinski definition) is 1. The second kappa shape index (κ2) is 4.41. The number of hydrogen-bond acceptors (Lipinski definition) is 5. The average molecular weight is 210 g/mol. The Labute approximate surface area is 85.4 Å². The van der Waals surface area contributed by atoms with E-state index in [1.54, 1.807) is 0 Å². The lowest BCUT2D eigenvalue weighted by Crippen LogP contribution is -2.22. The van der Waals surface area contributed by atoms with E-state index in [1.807, 2.05) is 0 Å². The number of aromatic hydroxyl groups is 1. The molecule has 1 aromatic rings. The molecular formula is C9H10N2O4. The van der Waals surface area contributed by atoms with Crippen LogP contribution >= 0.6 is 0 Å². The number of rotatable bonds is 3. The fourth-order valence-electron chi connectivity index (χ4n) is 0.994. The van der Waals surface area contributed by atoms with E-state index < -0.39 is 17.3 Å². The molecule has 0 unspecified atom stereocenters. The molecule has 1 aromatic heterocycles. The molecule has 1 rings (SSSR count). The summed E-state index contributed by atoms with van der Waals surface area (Å²) in [5, 5.41) is 9.38. The molecule has 0 amide bonds. The highest BCUT2D eigenvalue weighted by Crippen LogP contribution is 2.07. The van der Waals surface area contributed by atoms with Crippen molar-refractivity contribution in [1.82, 2.24) is 9.55 Å². The summed E-state index contributed by atoms with van der Waals surface area (Å²) in [5.41, 5.74) is -1.09. The molecule has 0 bridgehead atoms. The van der Waals surface area contributed by atoms with Gasteiger partial charge in [0.2, 0.25) is 5.75 Å². The summed E-state index contributed by atoms with van der Waals surface area (Å²) in [4.78, 5) is 26.1. The van der Waals surface area contributed by atoms with Crippen molar-refractivity contribution in [2.75, 3.05) is 7.11 Å². The molecule has 0 spiro atoms. The van der Waals surface area contributed by atoms with Crippen LogP contribution in [-0.4, -0.2) is 27.7 Å². The second-order valence-electron chi connectivity index (χ2n) is 2.68. The van der Waals surface area contributed by atoms with Gasteiger partial charge in [-0.15, -0.1) is 6.58 Å². The molecule has 0 saturated heterocycles. The molecule has 0 atom stereocenters. The highest BCUT2D eigenvalue weighted by Gasteiger charge is 2.17. The lowest BCUT2D eigenvalue weighted by molar-refractivity contribution is 0.0589. The number of allylic oxidation sites excluding steroid dienone is 1. The van der Waals surface area contributed by atoms with Crippen molar-refractivity contribution in [2.24, 2.45) is 0 Å². The largest absolute Gasteiger partial charge is 0.501 e. The van der Waals surface area contributed by atoms with Crippen LogP contribution in [0, 0.1) is 0 Å². The van der Waals surface area contributed by atoms with Gasteiger partial charge in [-0.1, -0.05) is 6.08 Å². The van der Waals surface area contributed by atoms with Crippen LogP contribution in [0.25, 0.3) is 0 Å². The van der Waals surface area contributed by atoms with Gasteiger partial charge >= 0.3 is 5.97 Å². The Kier molecular flexibility index (Phi) is 3.22. The minimum absolute atomic E-state index is 0.209. The van der Waals surface area contributed by atoms with Crippen LogP contribution in [-0.2, 0) is 11.3 Å². The van der Waals surface area contributed by atoms with E-state index in [4.69, 9.17) is 0 Å². The van der Waals surface area contributed by atoms with Gasteiger partial charge in [0.25, 0.3) is 5.56 Å². The summed E-state index contributed by atoms with van der Waals surface area (Å²) in [6.07, 6.45) is 2.62. The van der Waals surface area contributed by atoms with Gasteiger partial charge in [0, 0.05) is 6.54 Å². The fraction of sp³-hybridized carbons (Fsp3) is 0.222. The summed E-state index contributed by atoms with van der Waals surface area (Å²) < 4.78 is 5.46. The van der Waals surface area contributed by atoms with E-state index in [-0.39, 0.29) is 12.2 Å². The summed E-state index contributed by atoms with van der Waals surface area (Å²) in [6.45, 7) is 3.65. The normalized spacial score (nSPS) is 9.67. The van der Waals surface area contributed by atoms with E-state index in [9.17, 15) is 14.7 Å². The number of aromatic nitrogens is 2. The van der Waals surface area contributed by atoms with Gasteiger partial charge in [-0.05, 0) is 0 Å². The number of carbonyl (C=O) groups excluding carboxylic acids is 1. The number of ether oxygens (including phenoxy) is 1. The van der Waals surface area contributed by atoms with Crippen molar-refractivity contribution in [2.45, 2.75) is 6.54 Å². The maximum atomic E-state index is 11.4. The minimum Gasteiger partial charge on any atom is -0.501 e. The molecule has 0 aliphatic heterocycles. The van der Waals surface area contributed by atoms with Crippen LogP contribution in [0.4, 0.5) is 0 Å². The molecule has 6 nitrogen and oxygen atoms in total. The molecule has 0 aliphatic carbocycles. The Hall–Kier alpha value is -2.11. The number of nitrogens with zero attached hydrogens (tertiary/aromatic N) is 2. The SMILES string of the molecule is C=CCn1cnc(C(=O)OC)c(O)c1=O. The monoisotopic (exact) mass is 210 g/mol. The van der Waals surface area contributed by atoms with Crippen molar-refractivity contribution in [1.29, 1.82) is 0 Å². The van der Waals surface area contributed by atoms with Crippen molar-refractivity contribution in [3.8, 4) is 5.75 Å². The van der Waals surface area contributed by atoms with Gasteiger partial charge in [-0.2, -0.15) is 0 Å². The molecular weight excluding hydrogens is 200 g/mol. The first kappa shape index (κ1) is 11.0. The summed E-state index contributed by atoms with van der Waals surface area (Å²) in [7, 11) is 1.14. The lowest BCUT2D eigenvalue weighted by atomic mass is 10.3. The highest BCUT2D eigenvalue weighted by molar-refractivity contribution is 5.89. The van der Waals surface area contributed by atoms with Crippen LogP contribution in [0.3, 0.4) is 0 Å². The smallest absolute Gasteiger partial charge is 0.360 e. The molecule has 15 heavy (non-hydrogen) atoms. The summed E-state index contributed by atoms with van der Waals surface area (Å²) >= 11 is 0. The molecule has 0 radical (unpaired) electrons. The third-order valence-corrected chi connectivity index (χ3v) is 1.72. The number of carbonyl (C=O) groups is 1. The predicted octanol–water partition coefficient (Wildman–Crippen LogP) is -0.0785. The molecule has 6 heteroatoms. The Morgan fingerprint density at radius 1 is 1.80 bits per heavy atom. The van der Waals surface area contributed by atoms with E-state index >= 15 is 0 Å². The van der Waals surface area contributed by atoms with Crippen LogP contribution in [0.1, 0.15) is 10.5 Å². The van der Waals surface area contributed by atoms with E-state index in [0.29, 0.717) is 0 Å². The van der Waals surface area contributed by atoms with Crippen molar-refractivity contribution in [3.05, 3.63) is 35.0 Å². The minimum atomic E-state index is -0.852. The van der Waals surface area contributed by atoms with E-state index in [0.717, 1.165) is 18.0 Å². The quantitative estimate of drug-likeness (QED) is 0.557. The van der Waals surface area contributed by atoms with Gasteiger partial charge in [0.05, 0.1) is 13.4 Å². The zero-order chi connectivity index (χ0) is 11.4. The summed E-state index contributed by atoms with van der Waals surface area (Å²) in [5.74, 6) is -1.57. The first-order chi connectivity index (χ1) is 7.11.